The molecular formula is C28H23BrO4. The maximum atomic E-state index is 11.0. The summed E-state index contributed by atoms with van der Waals surface area (Å²) in [5, 5.41) is 18.4. The molecule has 0 bridgehead atoms. The van der Waals surface area contributed by atoms with Crippen molar-refractivity contribution in [3.8, 4) is 33.8 Å². The number of hydrogen-bond donors (Lipinski definition) is 2. The molecule has 0 atom stereocenters. The van der Waals surface area contributed by atoms with Gasteiger partial charge in [0, 0.05) is 10.5 Å². The summed E-state index contributed by atoms with van der Waals surface area (Å²) in [5.74, 6) is 0.176. The van der Waals surface area contributed by atoms with Crippen LogP contribution < -0.4 is 0 Å². The van der Waals surface area contributed by atoms with Gasteiger partial charge >= 0.3 is 5.97 Å². The van der Waals surface area contributed by atoms with E-state index < -0.39 is 0 Å². The van der Waals surface area contributed by atoms with Crippen LogP contribution in [-0.2, 0) is 9.53 Å². The molecule has 0 aliphatic carbocycles. The van der Waals surface area contributed by atoms with Crippen molar-refractivity contribution in [1.82, 2.24) is 0 Å². The molecule has 5 heteroatoms. The van der Waals surface area contributed by atoms with E-state index in [1.165, 1.54) is 13.2 Å². The van der Waals surface area contributed by atoms with Crippen molar-refractivity contribution < 1.29 is 19.7 Å². The molecule has 4 aromatic rings. The zero-order valence-corrected chi connectivity index (χ0v) is 19.6. The van der Waals surface area contributed by atoms with Crippen LogP contribution in [0, 0.1) is 0 Å². The number of aromatic hydroxyl groups is 2. The van der Waals surface area contributed by atoms with E-state index in [1.807, 2.05) is 72.8 Å². The third-order valence-electron chi connectivity index (χ3n) is 4.77. The number of carbonyl (C=O) groups excluding carboxylic acids is 1. The third-order valence-corrected chi connectivity index (χ3v) is 5.30. The standard InChI is InChI=1S/C16H14O3.C12H9BrO/c1-19-16(18)11-4-12-2-5-13(6-3-12)14-7-9-15(17)10-8-14;13-11-5-1-9(2-6-11)10-3-7-12(14)8-4-10/h2-11,17H,1H3;1-8,14H/b11-4+;. The molecule has 0 radical (unpaired) electrons. The minimum atomic E-state index is -0.373. The van der Waals surface area contributed by atoms with Gasteiger partial charge in [0.05, 0.1) is 7.11 Å². The fourth-order valence-electron chi connectivity index (χ4n) is 2.97. The SMILES string of the molecule is COC(=O)/C=C/c1ccc(-c2ccc(O)cc2)cc1.Oc1ccc(-c2ccc(Br)cc2)cc1. The summed E-state index contributed by atoms with van der Waals surface area (Å²) in [6.45, 7) is 0. The Kier molecular flexibility index (Phi) is 8.44. The number of phenols is 2. The summed E-state index contributed by atoms with van der Waals surface area (Å²) >= 11 is 3.39. The Labute approximate surface area is 201 Å². The van der Waals surface area contributed by atoms with E-state index in [0.717, 1.165) is 32.3 Å². The second-order valence-corrected chi connectivity index (χ2v) is 7.99. The van der Waals surface area contributed by atoms with E-state index >= 15 is 0 Å². The maximum Gasteiger partial charge on any atom is 0.330 e. The molecule has 33 heavy (non-hydrogen) atoms. The fourth-order valence-corrected chi connectivity index (χ4v) is 3.23. The Hall–Kier alpha value is -3.83. The predicted octanol–water partition coefficient (Wildman–Crippen LogP) is 7.07. The minimum absolute atomic E-state index is 0.251. The maximum absolute atomic E-state index is 11.0. The van der Waals surface area contributed by atoms with Crippen LogP contribution in [0.15, 0.2) is 108 Å². The lowest BCUT2D eigenvalue weighted by Crippen LogP contribution is -1.93. The average Bonchev–Trinajstić information content (AvgIpc) is 2.85. The Bertz CT molecular complexity index is 1150. The Balaban J connectivity index is 0.000000194. The molecule has 0 aliphatic heterocycles. The van der Waals surface area contributed by atoms with Gasteiger partial charge in [0.25, 0.3) is 0 Å². The summed E-state index contributed by atoms with van der Waals surface area (Å²) < 4.78 is 5.60. The summed E-state index contributed by atoms with van der Waals surface area (Å²) in [6.07, 6.45) is 3.09. The lowest BCUT2D eigenvalue weighted by Gasteiger charge is -2.02. The number of halogens is 1. The highest BCUT2D eigenvalue weighted by Gasteiger charge is 1.99. The van der Waals surface area contributed by atoms with Crippen LogP contribution in [0.5, 0.6) is 11.5 Å². The van der Waals surface area contributed by atoms with E-state index in [0.29, 0.717) is 5.75 Å². The van der Waals surface area contributed by atoms with Crippen molar-refractivity contribution >= 4 is 28.0 Å². The average molecular weight is 503 g/mol. The van der Waals surface area contributed by atoms with Gasteiger partial charge in [-0.15, -0.1) is 0 Å². The van der Waals surface area contributed by atoms with Gasteiger partial charge in [-0.25, -0.2) is 4.79 Å². The van der Waals surface area contributed by atoms with Gasteiger partial charge in [-0.2, -0.15) is 0 Å². The summed E-state index contributed by atoms with van der Waals surface area (Å²) in [7, 11) is 1.35. The molecular weight excluding hydrogens is 480 g/mol. The summed E-state index contributed by atoms with van der Waals surface area (Å²) in [5.41, 5.74) is 5.26. The van der Waals surface area contributed by atoms with E-state index in [9.17, 15) is 9.90 Å². The predicted molar refractivity (Wildman–Crippen MR) is 136 cm³/mol. The molecule has 0 saturated heterocycles. The first-order chi connectivity index (χ1) is 15.9. The van der Waals surface area contributed by atoms with Crippen LogP contribution in [0.4, 0.5) is 0 Å². The van der Waals surface area contributed by atoms with Gasteiger partial charge < -0.3 is 14.9 Å². The molecule has 0 fully saturated rings. The van der Waals surface area contributed by atoms with Crippen molar-refractivity contribution in [1.29, 1.82) is 0 Å². The first-order valence-corrected chi connectivity index (χ1v) is 10.9. The second kappa shape index (κ2) is 11.7. The lowest BCUT2D eigenvalue weighted by atomic mass is 10.0. The van der Waals surface area contributed by atoms with Crippen molar-refractivity contribution in [3.05, 3.63) is 113 Å². The van der Waals surface area contributed by atoms with Crippen molar-refractivity contribution in [2.24, 2.45) is 0 Å². The number of methoxy groups -OCH3 is 1. The number of hydrogen-bond acceptors (Lipinski definition) is 4. The number of rotatable bonds is 4. The van der Waals surface area contributed by atoms with Crippen molar-refractivity contribution in [3.63, 3.8) is 0 Å². The molecule has 4 aromatic carbocycles. The largest absolute Gasteiger partial charge is 0.508 e. The molecule has 4 nitrogen and oxygen atoms in total. The van der Waals surface area contributed by atoms with Crippen LogP contribution >= 0.6 is 15.9 Å². The van der Waals surface area contributed by atoms with Crippen LogP contribution in [0.3, 0.4) is 0 Å². The summed E-state index contributed by atoms with van der Waals surface area (Å²) in [4.78, 5) is 11.0. The highest BCUT2D eigenvalue weighted by Crippen LogP contribution is 2.24. The van der Waals surface area contributed by atoms with Crippen LogP contribution in [0.1, 0.15) is 5.56 Å². The third kappa shape index (κ3) is 7.37. The number of phenolic OH excluding ortho intramolecular Hbond substituents is 2. The molecule has 0 saturated carbocycles. The summed E-state index contributed by atoms with van der Waals surface area (Å²) in [6, 6.07) is 30.0. The van der Waals surface area contributed by atoms with E-state index in [1.54, 1.807) is 30.3 Å². The number of ether oxygens (including phenoxy) is 1. The van der Waals surface area contributed by atoms with E-state index in [4.69, 9.17) is 5.11 Å². The highest BCUT2D eigenvalue weighted by atomic mass is 79.9. The van der Waals surface area contributed by atoms with Crippen LogP contribution in [0.2, 0.25) is 0 Å². The first-order valence-electron chi connectivity index (χ1n) is 10.1. The molecule has 2 N–H and O–H groups in total. The number of esters is 1. The second-order valence-electron chi connectivity index (χ2n) is 7.08. The smallest absolute Gasteiger partial charge is 0.330 e. The molecule has 0 aliphatic rings. The normalized spacial score (nSPS) is 10.4. The first kappa shape index (κ1) is 23.8. The highest BCUT2D eigenvalue weighted by molar-refractivity contribution is 9.10. The number of benzene rings is 4. The monoisotopic (exact) mass is 502 g/mol. The van der Waals surface area contributed by atoms with Gasteiger partial charge in [-0.3, -0.25) is 0 Å². The molecule has 0 aromatic heterocycles. The zero-order valence-electron chi connectivity index (χ0n) is 18.0. The molecule has 0 heterocycles. The minimum Gasteiger partial charge on any atom is -0.508 e. The topological polar surface area (TPSA) is 66.8 Å². The lowest BCUT2D eigenvalue weighted by molar-refractivity contribution is -0.134. The molecule has 0 spiro atoms. The fraction of sp³-hybridized carbons (Fsp3) is 0.0357. The van der Waals surface area contributed by atoms with Crippen molar-refractivity contribution in [2.45, 2.75) is 0 Å². The van der Waals surface area contributed by atoms with Crippen molar-refractivity contribution in [2.75, 3.05) is 7.11 Å². The van der Waals surface area contributed by atoms with Gasteiger partial charge in [0.1, 0.15) is 11.5 Å². The van der Waals surface area contributed by atoms with E-state index in [-0.39, 0.29) is 11.7 Å². The van der Waals surface area contributed by atoms with Gasteiger partial charge in [-0.05, 0) is 70.3 Å². The number of carbonyl (C=O) groups is 1. The van der Waals surface area contributed by atoms with Gasteiger partial charge in [-0.1, -0.05) is 76.6 Å². The van der Waals surface area contributed by atoms with Crippen LogP contribution in [-0.4, -0.2) is 23.3 Å². The molecule has 0 unspecified atom stereocenters. The van der Waals surface area contributed by atoms with E-state index in [2.05, 4.69) is 20.7 Å². The molecule has 4 rings (SSSR count). The van der Waals surface area contributed by atoms with Gasteiger partial charge in [0.15, 0.2) is 0 Å². The van der Waals surface area contributed by atoms with Gasteiger partial charge in [0.2, 0.25) is 0 Å². The quantitative estimate of drug-likeness (QED) is 0.231. The Morgan fingerprint density at radius 2 is 1.03 bits per heavy atom. The van der Waals surface area contributed by atoms with Crippen LogP contribution in [0.25, 0.3) is 28.3 Å². The molecule has 0 amide bonds. The zero-order chi connectivity index (χ0) is 23.6. The Morgan fingerprint density at radius 1 is 0.667 bits per heavy atom. The molecule has 166 valence electrons. The Morgan fingerprint density at radius 3 is 1.42 bits per heavy atom.